The van der Waals surface area contributed by atoms with Crippen LogP contribution in [0.15, 0.2) is 59.5 Å². The second-order valence-corrected chi connectivity index (χ2v) is 8.53. The van der Waals surface area contributed by atoms with Crippen LogP contribution < -0.4 is 10.5 Å². The molecule has 1 aliphatic heterocycles. The minimum Gasteiger partial charge on any atom is -0.490 e. The Bertz CT molecular complexity index is 848. The quantitative estimate of drug-likeness (QED) is 0.656. The molecular weight excluding hydrogens is 400 g/mol. The maximum absolute atomic E-state index is 13.3. The SMILES string of the molecule is COCCOc1ccccc1S(=O)(=O)N1C[C@@H](CN)[C@H](c2ccccc2)C1.Cl. The van der Waals surface area contributed by atoms with Crippen LogP contribution in [0.1, 0.15) is 11.5 Å². The van der Waals surface area contributed by atoms with Gasteiger partial charge in [0.15, 0.2) is 0 Å². The van der Waals surface area contributed by atoms with Crippen LogP contribution >= 0.6 is 12.4 Å². The van der Waals surface area contributed by atoms with Crippen LogP contribution in [0.25, 0.3) is 0 Å². The monoisotopic (exact) mass is 426 g/mol. The summed E-state index contributed by atoms with van der Waals surface area (Å²) < 4.78 is 38.7. The molecule has 8 heteroatoms. The van der Waals surface area contributed by atoms with Gasteiger partial charge >= 0.3 is 0 Å². The van der Waals surface area contributed by atoms with Gasteiger partial charge in [0.05, 0.1) is 6.61 Å². The summed E-state index contributed by atoms with van der Waals surface area (Å²) in [5, 5.41) is 0. The van der Waals surface area contributed by atoms with Crippen LogP contribution in [0, 0.1) is 5.92 Å². The molecule has 0 amide bonds. The smallest absolute Gasteiger partial charge is 0.246 e. The van der Waals surface area contributed by atoms with Crippen molar-refractivity contribution in [1.29, 1.82) is 0 Å². The first-order valence-corrected chi connectivity index (χ1v) is 10.5. The number of rotatable bonds is 8. The van der Waals surface area contributed by atoms with E-state index in [2.05, 4.69) is 0 Å². The van der Waals surface area contributed by atoms with Gasteiger partial charge in [0.1, 0.15) is 17.3 Å². The van der Waals surface area contributed by atoms with Gasteiger partial charge in [-0.05, 0) is 30.2 Å². The van der Waals surface area contributed by atoms with Crippen molar-refractivity contribution in [3.05, 3.63) is 60.2 Å². The number of halogens is 1. The first-order chi connectivity index (χ1) is 13.1. The van der Waals surface area contributed by atoms with Crippen molar-refractivity contribution in [3.63, 3.8) is 0 Å². The zero-order valence-corrected chi connectivity index (χ0v) is 17.5. The number of para-hydroxylation sites is 1. The molecule has 6 nitrogen and oxygen atoms in total. The lowest BCUT2D eigenvalue weighted by molar-refractivity contribution is 0.144. The Kier molecular flexibility index (Phi) is 8.27. The summed E-state index contributed by atoms with van der Waals surface area (Å²) in [5.41, 5.74) is 7.08. The highest BCUT2D eigenvalue weighted by molar-refractivity contribution is 7.89. The average molecular weight is 427 g/mol. The highest BCUT2D eigenvalue weighted by atomic mass is 35.5. The molecule has 0 saturated carbocycles. The summed E-state index contributed by atoms with van der Waals surface area (Å²) in [6, 6.07) is 16.7. The molecule has 0 radical (unpaired) electrons. The highest BCUT2D eigenvalue weighted by Gasteiger charge is 2.40. The van der Waals surface area contributed by atoms with Crippen molar-refractivity contribution in [3.8, 4) is 5.75 Å². The minimum atomic E-state index is -3.68. The molecule has 2 N–H and O–H groups in total. The minimum absolute atomic E-state index is 0. The van der Waals surface area contributed by atoms with E-state index in [9.17, 15) is 8.42 Å². The van der Waals surface area contributed by atoms with E-state index in [1.54, 1.807) is 31.4 Å². The van der Waals surface area contributed by atoms with E-state index in [0.29, 0.717) is 38.6 Å². The van der Waals surface area contributed by atoms with Gasteiger partial charge in [-0.1, -0.05) is 42.5 Å². The summed E-state index contributed by atoms with van der Waals surface area (Å²) in [6.07, 6.45) is 0. The molecule has 2 atom stereocenters. The van der Waals surface area contributed by atoms with E-state index in [1.165, 1.54) is 4.31 Å². The predicted molar refractivity (Wildman–Crippen MR) is 112 cm³/mol. The Balaban J connectivity index is 0.00000280. The second-order valence-electron chi connectivity index (χ2n) is 6.62. The maximum atomic E-state index is 13.3. The van der Waals surface area contributed by atoms with Crippen LogP contribution in [-0.2, 0) is 14.8 Å². The molecule has 1 saturated heterocycles. The number of methoxy groups -OCH3 is 1. The number of hydrogen-bond acceptors (Lipinski definition) is 5. The van der Waals surface area contributed by atoms with Crippen LogP contribution in [0.4, 0.5) is 0 Å². The van der Waals surface area contributed by atoms with Gasteiger partial charge in [-0.3, -0.25) is 0 Å². The first kappa shape index (κ1) is 22.6. The normalized spacial score (nSPS) is 19.9. The van der Waals surface area contributed by atoms with Crippen LogP contribution in [-0.4, -0.2) is 52.7 Å². The summed E-state index contributed by atoms with van der Waals surface area (Å²) in [7, 11) is -2.10. The van der Waals surface area contributed by atoms with E-state index in [4.69, 9.17) is 15.2 Å². The lowest BCUT2D eigenvalue weighted by atomic mass is 9.89. The third-order valence-electron chi connectivity index (χ3n) is 4.95. The van der Waals surface area contributed by atoms with Crippen LogP contribution in [0.5, 0.6) is 5.75 Å². The molecule has 0 unspecified atom stereocenters. The van der Waals surface area contributed by atoms with Crippen molar-refractivity contribution in [2.75, 3.05) is 40.0 Å². The van der Waals surface area contributed by atoms with Crippen molar-refractivity contribution in [1.82, 2.24) is 4.31 Å². The topological polar surface area (TPSA) is 81.9 Å². The van der Waals surface area contributed by atoms with Crippen molar-refractivity contribution in [2.45, 2.75) is 10.8 Å². The largest absolute Gasteiger partial charge is 0.490 e. The molecule has 2 aromatic rings. The zero-order valence-electron chi connectivity index (χ0n) is 15.9. The lowest BCUT2D eigenvalue weighted by Gasteiger charge is -2.19. The molecule has 1 fully saturated rings. The van der Waals surface area contributed by atoms with E-state index < -0.39 is 10.0 Å². The molecule has 2 aromatic carbocycles. The Hall–Kier alpha value is -1.64. The summed E-state index contributed by atoms with van der Waals surface area (Å²) in [5.74, 6) is 0.526. The van der Waals surface area contributed by atoms with Gasteiger partial charge in [0.25, 0.3) is 0 Å². The molecule has 1 heterocycles. The molecule has 3 rings (SSSR count). The summed E-state index contributed by atoms with van der Waals surface area (Å²) in [6.45, 7) is 1.95. The number of nitrogens with two attached hydrogens (primary N) is 1. The molecule has 0 aliphatic carbocycles. The van der Waals surface area contributed by atoms with Gasteiger partial charge in [-0.25, -0.2) is 8.42 Å². The third kappa shape index (κ3) is 4.85. The number of ether oxygens (including phenoxy) is 2. The Morgan fingerprint density at radius 2 is 1.71 bits per heavy atom. The van der Waals surface area contributed by atoms with E-state index in [-0.39, 0.29) is 29.1 Å². The summed E-state index contributed by atoms with van der Waals surface area (Å²) in [4.78, 5) is 0.186. The lowest BCUT2D eigenvalue weighted by Crippen LogP contribution is -2.30. The molecule has 28 heavy (non-hydrogen) atoms. The van der Waals surface area contributed by atoms with E-state index >= 15 is 0 Å². The first-order valence-electron chi connectivity index (χ1n) is 9.04. The molecule has 154 valence electrons. The van der Waals surface area contributed by atoms with Gasteiger partial charge < -0.3 is 15.2 Å². The van der Waals surface area contributed by atoms with E-state index in [0.717, 1.165) is 5.56 Å². The fraction of sp³-hybridized carbons (Fsp3) is 0.400. The number of sulfonamides is 1. The van der Waals surface area contributed by atoms with Gasteiger partial charge in [-0.15, -0.1) is 12.4 Å². The average Bonchev–Trinajstić information content (AvgIpc) is 3.14. The number of hydrogen-bond donors (Lipinski definition) is 1. The third-order valence-corrected chi connectivity index (χ3v) is 6.82. The second kappa shape index (κ2) is 10.2. The predicted octanol–water partition coefficient (Wildman–Crippen LogP) is 2.50. The van der Waals surface area contributed by atoms with Crippen molar-refractivity contribution in [2.24, 2.45) is 11.7 Å². The fourth-order valence-electron chi connectivity index (χ4n) is 3.50. The Morgan fingerprint density at radius 1 is 1.04 bits per heavy atom. The molecule has 0 spiro atoms. The molecule has 1 aliphatic rings. The fourth-order valence-corrected chi connectivity index (χ4v) is 5.16. The van der Waals surface area contributed by atoms with Crippen LogP contribution in [0.3, 0.4) is 0 Å². The molecule has 0 aromatic heterocycles. The zero-order chi connectivity index (χ0) is 19.3. The standard InChI is InChI=1S/C20H26N2O4S.ClH/c1-25-11-12-26-19-9-5-6-10-20(19)27(23,24)22-14-17(13-21)18(15-22)16-7-3-2-4-8-16;/h2-10,17-18H,11-15,21H2,1H3;1H/t17-,18+;/m1./s1. The van der Waals surface area contributed by atoms with Crippen molar-refractivity contribution >= 4 is 22.4 Å². The maximum Gasteiger partial charge on any atom is 0.246 e. The number of nitrogens with zero attached hydrogens (tertiary/aromatic N) is 1. The highest BCUT2D eigenvalue weighted by Crippen LogP contribution is 2.37. The number of benzene rings is 2. The van der Waals surface area contributed by atoms with Crippen molar-refractivity contribution < 1.29 is 17.9 Å². The van der Waals surface area contributed by atoms with Gasteiger partial charge in [-0.2, -0.15) is 4.31 Å². The Labute approximate surface area is 173 Å². The van der Waals surface area contributed by atoms with Gasteiger partial charge in [0, 0.05) is 26.1 Å². The molecule has 0 bridgehead atoms. The van der Waals surface area contributed by atoms with E-state index in [1.807, 2.05) is 30.3 Å². The van der Waals surface area contributed by atoms with Crippen LogP contribution in [0.2, 0.25) is 0 Å². The summed E-state index contributed by atoms with van der Waals surface area (Å²) >= 11 is 0. The van der Waals surface area contributed by atoms with Gasteiger partial charge in [0.2, 0.25) is 10.0 Å². The Morgan fingerprint density at radius 3 is 2.39 bits per heavy atom. The molecular formula is C20H27ClN2O4S.